The maximum absolute atomic E-state index is 13.5. The number of nitrogens with zero attached hydrogens (tertiary/aromatic N) is 1. The Labute approximate surface area is 227 Å². The van der Waals surface area contributed by atoms with E-state index < -0.39 is 18.5 Å². The molecule has 1 aliphatic heterocycles. The van der Waals surface area contributed by atoms with Crippen molar-refractivity contribution < 1.29 is 23.9 Å². The molecule has 0 radical (unpaired) electrons. The molecule has 7 nitrogen and oxygen atoms in total. The van der Waals surface area contributed by atoms with Crippen LogP contribution >= 0.6 is 0 Å². The van der Waals surface area contributed by atoms with Gasteiger partial charge in [0.05, 0.1) is 23.1 Å². The summed E-state index contributed by atoms with van der Waals surface area (Å²) in [5, 5.41) is 2.72. The van der Waals surface area contributed by atoms with E-state index in [1.165, 1.54) is 22.6 Å². The first-order valence-corrected chi connectivity index (χ1v) is 13.4. The van der Waals surface area contributed by atoms with Gasteiger partial charge in [-0.2, -0.15) is 0 Å². The highest BCUT2D eigenvalue weighted by Crippen LogP contribution is 2.61. The summed E-state index contributed by atoms with van der Waals surface area (Å²) in [6.45, 7) is 3.52. The minimum atomic E-state index is -0.656. The fourth-order valence-electron chi connectivity index (χ4n) is 6.77. The van der Waals surface area contributed by atoms with Gasteiger partial charge in [0.2, 0.25) is 11.8 Å². The molecule has 2 saturated carbocycles. The maximum Gasteiger partial charge on any atom is 0.338 e. The van der Waals surface area contributed by atoms with Gasteiger partial charge in [0.15, 0.2) is 6.61 Å². The third-order valence-electron chi connectivity index (χ3n) is 8.73. The van der Waals surface area contributed by atoms with Crippen molar-refractivity contribution in [3.63, 3.8) is 0 Å². The number of amides is 3. The van der Waals surface area contributed by atoms with Gasteiger partial charge >= 0.3 is 5.97 Å². The van der Waals surface area contributed by atoms with Crippen LogP contribution in [0.4, 0.5) is 11.4 Å². The van der Waals surface area contributed by atoms with Crippen LogP contribution in [0.3, 0.4) is 0 Å². The van der Waals surface area contributed by atoms with E-state index >= 15 is 0 Å². The molecule has 2 aliphatic carbocycles. The number of aryl methyl sites for hydroxylation is 2. The van der Waals surface area contributed by atoms with Crippen LogP contribution < -0.4 is 10.2 Å². The van der Waals surface area contributed by atoms with Gasteiger partial charge in [0.25, 0.3) is 5.91 Å². The molecular formula is C32H30N2O5. The van der Waals surface area contributed by atoms with Crippen molar-refractivity contribution in [2.75, 3.05) is 16.8 Å². The summed E-state index contributed by atoms with van der Waals surface area (Å²) >= 11 is 0. The molecule has 3 amide bonds. The summed E-state index contributed by atoms with van der Waals surface area (Å²) in [5.74, 6) is -1.23. The number of carbonyl (C=O) groups is 4. The van der Waals surface area contributed by atoms with Crippen LogP contribution in [0, 0.1) is 37.5 Å². The van der Waals surface area contributed by atoms with Crippen LogP contribution in [-0.2, 0) is 19.1 Å². The molecule has 0 unspecified atom stereocenters. The van der Waals surface area contributed by atoms with Gasteiger partial charge in [0.1, 0.15) is 0 Å². The molecule has 198 valence electrons. The van der Waals surface area contributed by atoms with E-state index in [-0.39, 0.29) is 41.0 Å². The topological polar surface area (TPSA) is 92.8 Å². The van der Waals surface area contributed by atoms with Crippen LogP contribution in [0.5, 0.6) is 0 Å². The predicted molar refractivity (Wildman–Crippen MR) is 146 cm³/mol. The first-order valence-electron chi connectivity index (χ1n) is 13.4. The lowest BCUT2D eigenvalue weighted by molar-refractivity contribution is -0.123. The number of imide groups is 1. The standard InChI is InChI=1S/C32H30N2O5/c1-18-8-11-23(14-19(18)2)33-27(35)17-39-32(38)21-9-12-24(13-10-21)34-30(36)28-22-15-25(20-6-4-3-5-7-20)26(16-22)29(28)31(34)37/h3-14,22,25-26,28-29H,15-17H2,1-2H3,(H,33,35)/t22-,25+,26+,28+,29-/m0/s1. The third kappa shape index (κ3) is 4.42. The molecule has 3 aliphatic rings. The summed E-state index contributed by atoms with van der Waals surface area (Å²) in [7, 11) is 0. The van der Waals surface area contributed by atoms with Crippen LogP contribution in [0.1, 0.15) is 45.8 Å². The Hall–Kier alpha value is -4.26. The number of ether oxygens (including phenoxy) is 1. The Morgan fingerprint density at radius 2 is 1.59 bits per heavy atom. The highest BCUT2D eigenvalue weighted by atomic mass is 16.5. The number of fused-ring (bicyclic) bond motifs is 5. The number of nitrogens with one attached hydrogen (secondary N) is 1. The first kappa shape index (κ1) is 25.0. The van der Waals surface area contributed by atoms with E-state index in [9.17, 15) is 19.2 Å². The average molecular weight is 523 g/mol. The van der Waals surface area contributed by atoms with Gasteiger partial charge in [-0.05, 0) is 97.5 Å². The number of anilines is 2. The Balaban J connectivity index is 1.09. The molecule has 1 heterocycles. The summed E-state index contributed by atoms with van der Waals surface area (Å²) in [5.41, 5.74) is 4.74. The first-order chi connectivity index (χ1) is 18.8. The Bertz CT molecular complexity index is 1470. The van der Waals surface area contributed by atoms with Crippen LogP contribution in [0.2, 0.25) is 0 Å². The normalized spacial score (nSPS) is 25.1. The van der Waals surface area contributed by atoms with E-state index in [1.54, 1.807) is 18.2 Å². The molecule has 39 heavy (non-hydrogen) atoms. The third-order valence-corrected chi connectivity index (χ3v) is 8.73. The molecule has 0 spiro atoms. The second-order valence-electron chi connectivity index (χ2n) is 10.9. The number of carbonyl (C=O) groups excluding carboxylic acids is 4. The molecule has 6 rings (SSSR count). The average Bonchev–Trinajstić information content (AvgIpc) is 3.61. The van der Waals surface area contributed by atoms with Gasteiger partial charge in [-0.25, -0.2) is 4.79 Å². The number of hydrogen-bond donors (Lipinski definition) is 1. The zero-order valence-corrected chi connectivity index (χ0v) is 21.9. The van der Waals surface area contributed by atoms with Crippen molar-refractivity contribution in [3.8, 4) is 0 Å². The molecule has 1 saturated heterocycles. The van der Waals surface area contributed by atoms with E-state index in [0.717, 1.165) is 24.0 Å². The molecule has 7 heteroatoms. The monoisotopic (exact) mass is 522 g/mol. The summed E-state index contributed by atoms with van der Waals surface area (Å²) in [6, 6.07) is 22.1. The minimum absolute atomic E-state index is 0.137. The van der Waals surface area contributed by atoms with E-state index in [4.69, 9.17) is 4.74 Å². The zero-order valence-electron chi connectivity index (χ0n) is 21.9. The van der Waals surface area contributed by atoms with Gasteiger partial charge in [-0.3, -0.25) is 19.3 Å². The molecule has 3 aromatic carbocycles. The van der Waals surface area contributed by atoms with E-state index in [0.29, 0.717) is 17.3 Å². The number of esters is 1. The molecule has 5 atom stereocenters. The van der Waals surface area contributed by atoms with Gasteiger partial charge in [-0.15, -0.1) is 0 Å². The van der Waals surface area contributed by atoms with Crippen LogP contribution in [0.25, 0.3) is 0 Å². The minimum Gasteiger partial charge on any atom is -0.452 e. The van der Waals surface area contributed by atoms with Crippen molar-refractivity contribution >= 4 is 35.1 Å². The molecular weight excluding hydrogens is 492 g/mol. The largest absolute Gasteiger partial charge is 0.452 e. The van der Waals surface area contributed by atoms with Gasteiger partial charge in [0, 0.05) is 5.69 Å². The second-order valence-corrected chi connectivity index (χ2v) is 10.9. The Morgan fingerprint density at radius 1 is 0.872 bits per heavy atom. The van der Waals surface area contributed by atoms with E-state index in [2.05, 4.69) is 17.4 Å². The fraction of sp³-hybridized carbons (Fsp3) is 0.312. The summed E-state index contributed by atoms with van der Waals surface area (Å²) in [6.07, 6.45) is 1.85. The molecule has 2 bridgehead atoms. The number of benzene rings is 3. The summed E-state index contributed by atoms with van der Waals surface area (Å²) < 4.78 is 5.18. The van der Waals surface area contributed by atoms with Crippen molar-refractivity contribution in [1.82, 2.24) is 0 Å². The SMILES string of the molecule is Cc1ccc(NC(=O)COC(=O)c2ccc(N3C(=O)[C@@H]4[C@@H]5C[C@@H]([C@@H]4C3=O)[C@@H](c3ccccc3)C5)cc2)cc1C. The maximum atomic E-state index is 13.5. The second kappa shape index (κ2) is 9.80. The lowest BCUT2D eigenvalue weighted by Gasteiger charge is -2.28. The van der Waals surface area contributed by atoms with Crippen LogP contribution in [-0.4, -0.2) is 30.3 Å². The Morgan fingerprint density at radius 3 is 2.31 bits per heavy atom. The number of rotatable bonds is 6. The van der Waals surface area contributed by atoms with Crippen molar-refractivity contribution in [2.24, 2.45) is 23.7 Å². The predicted octanol–water partition coefficient (Wildman–Crippen LogP) is 5.03. The van der Waals surface area contributed by atoms with Gasteiger partial charge in [-0.1, -0.05) is 36.4 Å². The lowest BCUT2D eigenvalue weighted by atomic mass is 9.73. The quantitative estimate of drug-likeness (QED) is 0.362. The highest BCUT2D eigenvalue weighted by molar-refractivity contribution is 6.22. The zero-order chi connectivity index (χ0) is 27.3. The highest BCUT2D eigenvalue weighted by Gasteiger charge is 2.64. The van der Waals surface area contributed by atoms with Gasteiger partial charge < -0.3 is 10.1 Å². The van der Waals surface area contributed by atoms with E-state index in [1.807, 2.05) is 44.2 Å². The van der Waals surface area contributed by atoms with Crippen LogP contribution in [0.15, 0.2) is 72.8 Å². The van der Waals surface area contributed by atoms with Crippen molar-refractivity contribution in [2.45, 2.75) is 32.6 Å². The lowest BCUT2D eigenvalue weighted by Crippen LogP contribution is -2.33. The smallest absolute Gasteiger partial charge is 0.338 e. The summed E-state index contributed by atoms with van der Waals surface area (Å²) in [4.78, 5) is 53.0. The molecule has 0 aromatic heterocycles. The molecule has 3 fully saturated rings. The van der Waals surface area contributed by atoms with Crippen molar-refractivity contribution in [1.29, 1.82) is 0 Å². The Kier molecular flexibility index (Phi) is 6.29. The molecule has 3 aromatic rings. The fourth-order valence-corrected chi connectivity index (χ4v) is 6.77. The van der Waals surface area contributed by atoms with Crippen molar-refractivity contribution in [3.05, 3.63) is 95.1 Å². The molecule has 1 N–H and O–H groups in total. The number of hydrogen-bond acceptors (Lipinski definition) is 5.